The largest absolute Gasteiger partial charge is 0.456 e. The first-order valence-corrected chi connectivity index (χ1v) is 10.7. The molecule has 32 heavy (non-hydrogen) atoms. The maximum absolute atomic E-state index is 13.0. The fraction of sp³-hybridized carbons (Fsp3) is 0.240. The second-order valence-corrected chi connectivity index (χ2v) is 8.07. The highest BCUT2D eigenvalue weighted by molar-refractivity contribution is 5.96. The van der Waals surface area contributed by atoms with Gasteiger partial charge >= 0.3 is 0 Å². The van der Waals surface area contributed by atoms with Crippen molar-refractivity contribution in [1.29, 1.82) is 10.8 Å². The molecule has 1 amide bonds. The lowest BCUT2D eigenvalue weighted by molar-refractivity contribution is -0.131. The van der Waals surface area contributed by atoms with Crippen molar-refractivity contribution < 1.29 is 9.21 Å². The SMILES string of the molecule is N=C(N)c1ccc(-c2cc(CC(=O)N3CCCCC3)c(-c3ccc(C(=N)N)cc3)o2)cc1. The minimum absolute atomic E-state index is 0.00254. The van der Waals surface area contributed by atoms with Crippen molar-refractivity contribution in [1.82, 2.24) is 4.90 Å². The van der Waals surface area contributed by atoms with Crippen molar-refractivity contribution in [2.75, 3.05) is 13.1 Å². The molecule has 0 unspecified atom stereocenters. The zero-order chi connectivity index (χ0) is 22.7. The molecule has 0 saturated carbocycles. The Morgan fingerprint density at radius 3 is 1.91 bits per heavy atom. The lowest BCUT2D eigenvalue weighted by atomic mass is 10.0. The van der Waals surface area contributed by atoms with Gasteiger partial charge in [-0.15, -0.1) is 0 Å². The molecule has 164 valence electrons. The summed E-state index contributed by atoms with van der Waals surface area (Å²) >= 11 is 0. The van der Waals surface area contributed by atoms with Gasteiger partial charge < -0.3 is 20.8 Å². The average molecular weight is 430 g/mol. The van der Waals surface area contributed by atoms with Gasteiger partial charge in [0.1, 0.15) is 23.2 Å². The molecule has 7 nitrogen and oxygen atoms in total. The Hall–Kier alpha value is -3.87. The fourth-order valence-electron chi connectivity index (χ4n) is 3.98. The van der Waals surface area contributed by atoms with Crippen LogP contribution in [0.5, 0.6) is 0 Å². The van der Waals surface area contributed by atoms with E-state index in [1.807, 2.05) is 35.2 Å². The summed E-state index contributed by atoms with van der Waals surface area (Å²) in [4.78, 5) is 14.9. The van der Waals surface area contributed by atoms with Crippen LogP contribution in [0.3, 0.4) is 0 Å². The summed E-state index contributed by atoms with van der Waals surface area (Å²) in [7, 11) is 0. The molecule has 0 bridgehead atoms. The van der Waals surface area contributed by atoms with E-state index in [0.29, 0.717) is 22.6 Å². The van der Waals surface area contributed by atoms with E-state index in [1.54, 1.807) is 24.3 Å². The quantitative estimate of drug-likeness (QED) is 0.351. The van der Waals surface area contributed by atoms with Crippen LogP contribution in [0.1, 0.15) is 36.0 Å². The molecule has 6 N–H and O–H groups in total. The van der Waals surface area contributed by atoms with Gasteiger partial charge in [0.25, 0.3) is 0 Å². The van der Waals surface area contributed by atoms with Gasteiger partial charge in [-0.25, -0.2) is 0 Å². The second kappa shape index (κ2) is 9.09. The number of likely N-dealkylation sites (tertiary alicyclic amines) is 1. The van der Waals surface area contributed by atoms with Crippen molar-refractivity contribution in [3.05, 3.63) is 71.3 Å². The van der Waals surface area contributed by atoms with E-state index >= 15 is 0 Å². The highest BCUT2D eigenvalue weighted by Crippen LogP contribution is 2.34. The Labute approximate surface area is 187 Å². The van der Waals surface area contributed by atoms with E-state index in [-0.39, 0.29) is 24.0 Å². The Bertz CT molecular complexity index is 1140. The number of carbonyl (C=O) groups excluding carboxylic acids is 1. The molecule has 1 fully saturated rings. The number of rotatable bonds is 6. The maximum Gasteiger partial charge on any atom is 0.227 e. The molecular weight excluding hydrogens is 402 g/mol. The Morgan fingerprint density at radius 2 is 1.38 bits per heavy atom. The Morgan fingerprint density at radius 1 is 0.844 bits per heavy atom. The van der Waals surface area contributed by atoms with Crippen molar-refractivity contribution in [2.24, 2.45) is 11.5 Å². The molecule has 0 spiro atoms. The fourth-order valence-corrected chi connectivity index (χ4v) is 3.98. The van der Waals surface area contributed by atoms with Crippen molar-refractivity contribution in [3.63, 3.8) is 0 Å². The van der Waals surface area contributed by atoms with Gasteiger partial charge in [0.05, 0.1) is 6.42 Å². The van der Waals surface area contributed by atoms with Crippen LogP contribution in [0.2, 0.25) is 0 Å². The normalized spacial score (nSPS) is 13.7. The van der Waals surface area contributed by atoms with E-state index in [9.17, 15) is 4.79 Å². The van der Waals surface area contributed by atoms with Crippen LogP contribution in [-0.4, -0.2) is 35.6 Å². The second-order valence-electron chi connectivity index (χ2n) is 8.07. The molecule has 1 aliphatic rings. The third kappa shape index (κ3) is 4.56. The number of hydrogen-bond donors (Lipinski definition) is 4. The highest BCUT2D eigenvalue weighted by Gasteiger charge is 2.22. The van der Waals surface area contributed by atoms with Gasteiger partial charge in [0.2, 0.25) is 5.91 Å². The first-order chi connectivity index (χ1) is 15.4. The number of amides is 1. The zero-order valence-electron chi connectivity index (χ0n) is 17.9. The first kappa shape index (κ1) is 21.4. The Balaban J connectivity index is 1.69. The molecular formula is C25H27N5O2. The molecule has 1 aromatic heterocycles. The summed E-state index contributed by atoms with van der Waals surface area (Å²) in [6.45, 7) is 1.61. The van der Waals surface area contributed by atoms with Crippen molar-refractivity contribution in [2.45, 2.75) is 25.7 Å². The van der Waals surface area contributed by atoms with Gasteiger partial charge in [0, 0.05) is 40.9 Å². The third-order valence-electron chi connectivity index (χ3n) is 5.80. The molecule has 7 heteroatoms. The van der Waals surface area contributed by atoms with Crippen LogP contribution in [0.4, 0.5) is 0 Å². The van der Waals surface area contributed by atoms with E-state index in [1.165, 1.54) is 6.42 Å². The van der Waals surface area contributed by atoms with Gasteiger partial charge in [0.15, 0.2) is 0 Å². The predicted octanol–water partition coefficient (Wildman–Crippen LogP) is 3.74. The monoisotopic (exact) mass is 429 g/mol. The summed E-state index contributed by atoms with van der Waals surface area (Å²) in [5, 5.41) is 15.2. The van der Waals surface area contributed by atoms with E-state index < -0.39 is 0 Å². The van der Waals surface area contributed by atoms with Crippen molar-refractivity contribution in [3.8, 4) is 22.6 Å². The zero-order valence-corrected chi connectivity index (χ0v) is 17.9. The summed E-state index contributed by atoms with van der Waals surface area (Å²) in [6, 6.07) is 16.4. The number of carbonyl (C=O) groups is 1. The summed E-state index contributed by atoms with van der Waals surface area (Å²) in [6.07, 6.45) is 3.52. The van der Waals surface area contributed by atoms with Gasteiger partial charge in [-0.05, 0) is 25.3 Å². The molecule has 0 radical (unpaired) electrons. The number of nitrogens with zero attached hydrogens (tertiary/aromatic N) is 1. The summed E-state index contributed by atoms with van der Waals surface area (Å²) < 4.78 is 6.24. The number of benzene rings is 2. The van der Waals surface area contributed by atoms with Crippen LogP contribution in [0.25, 0.3) is 22.6 Å². The van der Waals surface area contributed by atoms with Crippen LogP contribution >= 0.6 is 0 Å². The van der Waals surface area contributed by atoms with Crippen LogP contribution in [-0.2, 0) is 11.2 Å². The number of hydrogen-bond acceptors (Lipinski definition) is 4. The lowest BCUT2D eigenvalue weighted by Crippen LogP contribution is -2.36. The smallest absolute Gasteiger partial charge is 0.227 e. The topological polar surface area (TPSA) is 133 Å². The van der Waals surface area contributed by atoms with Gasteiger partial charge in [-0.1, -0.05) is 48.5 Å². The number of nitrogens with two attached hydrogens (primary N) is 2. The number of piperidine rings is 1. The van der Waals surface area contributed by atoms with Gasteiger partial charge in [-0.3, -0.25) is 15.6 Å². The number of amidine groups is 2. The molecule has 2 heterocycles. The first-order valence-electron chi connectivity index (χ1n) is 10.7. The maximum atomic E-state index is 13.0. The predicted molar refractivity (Wildman–Crippen MR) is 126 cm³/mol. The van der Waals surface area contributed by atoms with Crippen molar-refractivity contribution >= 4 is 17.6 Å². The molecule has 4 rings (SSSR count). The van der Waals surface area contributed by atoms with Gasteiger partial charge in [-0.2, -0.15) is 0 Å². The third-order valence-corrected chi connectivity index (χ3v) is 5.80. The van der Waals surface area contributed by atoms with E-state index in [4.69, 9.17) is 26.7 Å². The lowest BCUT2D eigenvalue weighted by Gasteiger charge is -2.26. The molecule has 3 aromatic rings. The Kier molecular flexibility index (Phi) is 6.07. The minimum Gasteiger partial charge on any atom is -0.456 e. The number of nitrogens with one attached hydrogen (secondary N) is 2. The van der Waals surface area contributed by atoms with Crippen LogP contribution in [0, 0.1) is 10.8 Å². The number of nitrogen functional groups attached to an aromatic ring is 2. The molecule has 2 aromatic carbocycles. The van der Waals surface area contributed by atoms with E-state index in [2.05, 4.69) is 0 Å². The van der Waals surface area contributed by atoms with Crippen LogP contribution < -0.4 is 11.5 Å². The minimum atomic E-state index is 0.00254. The number of furan rings is 1. The van der Waals surface area contributed by atoms with E-state index in [0.717, 1.165) is 42.6 Å². The summed E-state index contributed by atoms with van der Waals surface area (Å²) in [5.74, 6) is 1.40. The molecule has 0 atom stereocenters. The molecule has 1 aliphatic heterocycles. The summed E-state index contributed by atoms with van der Waals surface area (Å²) in [5.41, 5.74) is 14.9. The standard InChI is InChI=1S/C25H27N5O2/c26-24(27)18-8-4-16(5-9-18)21-14-20(15-22(31)30-12-2-1-3-13-30)23(32-21)17-6-10-19(11-7-17)25(28)29/h4-11,14H,1-3,12-13,15H2,(H3,26,27)(H3,28,29). The molecule has 1 saturated heterocycles. The average Bonchev–Trinajstić information content (AvgIpc) is 3.23. The molecule has 0 aliphatic carbocycles. The highest BCUT2D eigenvalue weighted by atomic mass is 16.3. The van der Waals surface area contributed by atoms with Crippen LogP contribution in [0.15, 0.2) is 59.0 Å².